The lowest BCUT2D eigenvalue weighted by Gasteiger charge is -2.44. The van der Waals surface area contributed by atoms with E-state index in [2.05, 4.69) is 90.5 Å². The number of piperazine rings is 1. The molecule has 0 saturated carbocycles. The van der Waals surface area contributed by atoms with E-state index in [0.29, 0.717) is 12.1 Å². The van der Waals surface area contributed by atoms with Crippen molar-refractivity contribution in [2.45, 2.75) is 38.6 Å². The van der Waals surface area contributed by atoms with Crippen LogP contribution in [0.3, 0.4) is 0 Å². The number of carbonyl (C=O) groups excluding carboxylic acids is 1. The number of benzene rings is 4. The molecule has 54 heavy (non-hydrogen) atoms. The molecule has 2 saturated heterocycles. The summed E-state index contributed by atoms with van der Waals surface area (Å²) in [7, 11) is 0. The van der Waals surface area contributed by atoms with Crippen LogP contribution in [-0.2, 0) is 22.6 Å². The predicted molar refractivity (Wildman–Crippen MR) is 206 cm³/mol. The van der Waals surface area contributed by atoms with Crippen molar-refractivity contribution >= 4 is 22.9 Å². The van der Waals surface area contributed by atoms with E-state index in [-0.39, 0.29) is 36.3 Å². The summed E-state index contributed by atoms with van der Waals surface area (Å²) in [6.07, 6.45) is 4.27. The van der Waals surface area contributed by atoms with Crippen molar-refractivity contribution in [1.82, 2.24) is 30.2 Å². The largest absolute Gasteiger partial charge is 0.392 e. The maximum atomic E-state index is 12.9. The third-order valence-electron chi connectivity index (χ3n) is 10.3. The number of fused-ring (bicyclic) bond motifs is 1. The van der Waals surface area contributed by atoms with E-state index in [1.54, 1.807) is 12.4 Å². The van der Waals surface area contributed by atoms with Crippen LogP contribution in [0, 0.1) is 5.92 Å². The summed E-state index contributed by atoms with van der Waals surface area (Å²) in [6.45, 7) is 6.83. The zero-order valence-electron chi connectivity index (χ0n) is 30.2. The van der Waals surface area contributed by atoms with Gasteiger partial charge in [0, 0.05) is 63.1 Å². The minimum Gasteiger partial charge on any atom is -0.392 e. The van der Waals surface area contributed by atoms with Crippen molar-refractivity contribution in [2.24, 2.45) is 5.92 Å². The van der Waals surface area contributed by atoms with Gasteiger partial charge in [0.25, 0.3) is 5.91 Å². The Bertz CT molecular complexity index is 2180. The van der Waals surface area contributed by atoms with Crippen LogP contribution in [0.1, 0.15) is 52.1 Å². The molecule has 0 radical (unpaired) electrons. The molecule has 8 rings (SSSR count). The van der Waals surface area contributed by atoms with Crippen LogP contribution < -0.4 is 10.2 Å². The Morgan fingerprint density at radius 1 is 0.778 bits per heavy atom. The van der Waals surface area contributed by atoms with Gasteiger partial charge in [-0.1, -0.05) is 85.8 Å². The second-order valence-electron chi connectivity index (χ2n) is 13.9. The molecule has 4 aromatic carbocycles. The summed E-state index contributed by atoms with van der Waals surface area (Å²) in [6, 6.07) is 33.8. The molecule has 11 heteroatoms. The van der Waals surface area contributed by atoms with E-state index >= 15 is 0 Å². The lowest BCUT2D eigenvalue weighted by molar-refractivity contribution is -0.276. The summed E-state index contributed by atoms with van der Waals surface area (Å²) in [4.78, 5) is 35.3. The zero-order valence-corrected chi connectivity index (χ0v) is 30.2. The van der Waals surface area contributed by atoms with Gasteiger partial charge in [0.1, 0.15) is 5.69 Å². The number of rotatable bonds is 10. The molecule has 6 aromatic rings. The third kappa shape index (κ3) is 7.99. The lowest BCUT2D eigenvalue weighted by Crippen LogP contribution is -2.51. The Morgan fingerprint density at radius 3 is 2.28 bits per heavy atom. The first-order chi connectivity index (χ1) is 26.5. The first-order valence-electron chi connectivity index (χ1n) is 18.4. The summed E-state index contributed by atoms with van der Waals surface area (Å²) in [5.74, 6) is 0.593. The minimum atomic E-state index is -0.554. The lowest BCUT2D eigenvalue weighted by atomic mass is 9.89. The Morgan fingerprint density at radius 2 is 1.52 bits per heavy atom. The maximum Gasteiger partial charge on any atom is 0.271 e. The number of aliphatic hydroxyl groups excluding tert-OH is 1. The number of ether oxygens (including phenoxy) is 2. The highest BCUT2D eigenvalue weighted by molar-refractivity contribution is 5.93. The molecule has 4 unspecified atom stereocenters. The number of aliphatic hydroxyl groups is 1. The van der Waals surface area contributed by atoms with Crippen molar-refractivity contribution in [1.29, 1.82) is 0 Å². The fourth-order valence-electron chi connectivity index (χ4n) is 7.20. The van der Waals surface area contributed by atoms with Crippen molar-refractivity contribution in [3.05, 3.63) is 150 Å². The molecule has 2 N–H and O–H groups in total. The molecule has 4 atom stereocenters. The highest BCUT2D eigenvalue weighted by Gasteiger charge is 2.39. The van der Waals surface area contributed by atoms with Crippen molar-refractivity contribution in [2.75, 3.05) is 37.6 Å². The smallest absolute Gasteiger partial charge is 0.271 e. The number of amides is 1. The van der Waals surface area contributed by atoms with Crippen LogP contribution in [0.25, 0.3) is 22.2 Å². The highest BCUT2D eigenvalue weighted by Crippen LogP contribution is 2.42. The number of aromatic nitrogens is 4. The molecule has 0 aliphatic carbocycles. The molecule has 2 fully saturated rings. The van der Waals surface area contributed by atoms with E-state index in [9.17, 15) is 9.90 Å². The van der Waals surface area contributed by atoms with Crippen LogP contribution >= 0.6 is 0 Å². The normalized spacial score (nSPS) is 20.5. The number of para-hydroxylation sites is 2. The van der Waals surface area contributed by atoms with E-state index in [0.717, 1.165) is 77.6 Å². The third-order valence-corrected chi connectivity index (χ3v) is 10.3. The van der Waals surface area contributed by atoms with E-state index in [4.69, 9.17) is 9.47 Å². The van der Waals surface area contributed by atoms with Crippen LogP contribution in [0.4, 0.5) is 5.95 Å². The van der Waals surface area contributed by atoms with Gasteiger partial charge < -0.3 is 24.8 Å². The van der Waals surface area contributed by atoms with Gasteiger partial charge >= 0.3 is 0 Å². The minimum absolute atomic E-state index is 0.000125. The van der Waals surface area contributed by atoms with Gasteiger partial charge in [-0.25, -0.2) is 15.0 Å². The standard InChI is InChI=1S/C43H43N7O4/c1-29-39(27-49-20-22-50(23-21-49)43-44-18-5-19-45-43)53-42(54-40(29)33-12-10-30(28-51)11-13-33)34-16-14-32(15-17-34)35-7-4-6-31(24-35)25-47-41(52)38-26-46-36-8-2-3-9-37(36)48-38/h2-19,24,26,29,39-40,42,51H,20-23,25,27-28H2,1H3,(H,47,52). The van der Waals surface area contributed by atoms with Gasteiger partial charge in [0.05, 0.1) is 36.0 Å². The number of hydrogen-bond acceptors (Lipinski definition) is 10. The molecule has 274 valence electrons. The number of nitrogens with one attached hydrogen (secondary N) is 1. The quantitative estimate of drug-likeness (QED) is 0.171. The molecular weight excluding hydrogens is 679 g/mol. The SMILES string of the molecule is CC1C(CN2CCN(c3ncccn3)CC2)OC(c2ccc(-c3cccc(CNC(=O)c4cnc5ccccc5n4)c3)cc2)OC1c1ccc(CO)cc1. The molecule has 2 aliphatic rings. The van der Waals surface area contributed by atoms with Gasteiger partial charge in [-0.15, -0.1) is 0 Å². The Balaban J connectivity index is 0.952. The van der Waals surface area contributed by atoms with Crippen molar-refractivity contribution in [3.8, 4) is 11.1 Å². The van der Waals surface area contributed by atoms with E-state index in [1.165, 1.54) is 6.20 Å². The summed E-state index contributed by atoms with van der Waals surface area (Å²) in [5, 5.41) is 12.6. The summed E-state index contributed by atoms with van der Waals surface area (Å²) >= 11 is 0. The highest BCUT2D eigenvalue weighted by atomic mass is 16.7. The topological polar surface area (TPSA) is 126 Å². The fraction of sp³-hybridized carbons (Fsp3) is 0.279. The first-order valence-corrected chi connectivity index (χ1v) is 18.4. The summed E-state index contributed by atoms with van der Waals surface area (Å²) < 4.78 is 13.5. The van der Waals surface area contributed by atoms with Crippen LogP contribution in [0.5, 0.6) is 0 Å². The average Bonchev–Trinajstić information content (AvgIpc) is 3.24. The maximum absolute atomic E-state index is 12.9. The Hall–Kier alpha value is -5.59. The Kier molecular flexibility index (Phi) is 10.6. The van der Waals surface area contributed by atoms with Gasteiger partial charge in [0.15, 0.2) is 6.29 Å². The van der Waals surface area contributed by atoms with Gasteiger partial charge in [0.2, 0.25) is 5.95 Å². The molecular formula is C43H43N7O4. The average molecular weight is 722 g/mol. The second kappa shape index (κ2) is 16.2. The van der Waals surface area contributed by atoms with Crippen LogP contribution in [0.15, 0.2) is 122 Å². The molecule has 0 bridgehead atoms. The van der Waals surface area contributed by atoms with E-state index < -0.39 is 6.29 Å². The van der Waals surface area contributed by atoms with Crippen molar-refractivity contribution < 1.29 is 19.4 Å². The predicted octanol–water partition coefficient (Wildman–Crippen LogP) is 6.12. The first kappa shape index (κ1) is 35.4. The number of nitrogens with zero attached hydrogens (tertiary/aromatic N) is 6. The van der Waals surface area contributed by atoms with E-state index in [1.807, 2.05) is 54.6 Å². The number of hydrogen-bond donors (Lipinski definition) is 2. The van der Waals surface area contributed by atoms with Gasteiger partial charge in [-0.05, 0) is 52.1 Å². The molecule has 2 aromatic heterocycles. The molecule has 1 amide bonds. The Labute approximate surface area is 314 Å². The van der Waals surface area contributed by atoms with Gasteiger partial charge in [-0.2, -0.15) is 0 Å². The molecule has 0 spiro atoms. The molecule has 4 heterocycles. The fourth-order valence-corrected chi connectivity index (χ4v) is 7.20. The van der Waals surface area contributed by atoms with Crippen molar-refractivity contribution in [3.63, 3.8) is 0 Å². The molecule has 2 aliphatic heterocycles. The second-order valence-corrected chi connectivity index (χ2v) is 13.9. The van der Waals surface area contributed by atoms with Crippen LogP contribution in [0.2, 0.25) is 0 Å². The molecule has 11 nitrogen and oxygen atoms in total. The monoisotopic (exact) mass is 721 g/mol. The van der Waals surface area contributed by atoms with Crippen LogP contribution in [-0.4, -0.2) is 74.7 Å². The number of anilines is 1. The number of carbonyl (C=O) groups is 1. The zero-order chi connectivity index (χ0) is 36.9. The summed E-state index contributed by atoms with van der Waals surface area (Å²) in [5.41, 5.74) is 7.66. The van der Waals surface area contributed by atoms with Gasteiger partial charge in [-0.3, -0.25) is 14.7 Å².